The molecule has 2 rings (SSSR count). The molecule has 0 aliphatic carbocycles. The molecule has 0 unspecified atom stereocenters. The van der Waals surface area contributed by atoms with Crippen LogP contribution >= 0.6 is 11.3 Å². The van der Waals surface area contributed by atoms with Crippen molar-refractivity contribution >= 4 is 23.1 Å². The van der Waals surface area contributed by atoms with E-state index in [0.717, 1.165) is 4.88 Å². The number of anilines is 1. The van der Waals surface area contributed by atoms with E-state index in [0.29, 0.717) is 17.8 Å². The second-order valence-electron chi connectivity index (χ2n) is 4.68. The van der Waals surface area contributed by atoms with Crippen LogP contribution in [0.25, 0.3) is 0 Å². The highest BCUT2D eigenvalue weighted by Crippen LogP contribution is 2.17. The van der Waals surface area contributed by atoms with Gasteiger partial charge in [-0.05, 0) is 19.9 Å². The molecule has 2 aromatic heterocycles. The van der Waals surface area contributed by atoms with Gasteiger partial charge < -0.3 is 10.4 Å². The summed E-state index contributed by atoms with van der Waals surface area (Å²) in [6.45, 7) is 4.05. The lowest BCUT2D eigenvalue weighted by atomic mass is 10.3. The van der Waals surface area contributed by atoms with Crippen molar-refractivity contribution in [2.45, 2.75) is 26.3 Å². The normalized spacial score (nSPS) is 10.3. The molecule has 0 aliphatic rings. The summed E-state index contributed by atoms with van der Waals surface area (Å²) in [6, 6.07) is 3.70. The summed E-state index contributed by atoms with van der Waals surface area (Å²) in [5, 5.41) is 17.5. The number of hydrogen-bond donors (Lipinski definition) is 2. The van der Waals surface area contributed by atoms with E-state index >= 15 is 0 Å². The van der Waals surface area contributed by atoms with Crippen LogP contribution in [0.1, 0.15) is 41.5 Å². The molecule has 6 heteroatoms. The molecule has 0 aromatic carbocycles. The van der Waals surface area contributed by atoms with E-state index in [1.807, 2.05) is 13.8 Å². The summed E-state index contributed by atoms with van der Waals surface area (Å²) >= 11 is 1.41. The van der Waals surface area contributed by atoms with Crippen LogP contribution in [-0.2, 0) is 0 Å². The molecular weight excluding hydrogens is 286 g/mol. The number of aromatic nitrogens is 2. The zero-order valence-electron chi connectivity index (χ0n) is 12.0. The van der Waals surface area contributed by atoms with Gasteiger partial charge in [0.25, 0.3) is 5.91 Å². The molecule has 2 aromatic rings. The Kier molecular flexibility index (Phi) is 5.14. The van der Waals surface area contributed by atoms with Crippen LogP contribution in [0.2, 0.25) is 0 Å². The Bertz CT molecular complexity index is 676. The van der Waals surface area contributed by atoms with Crippen molar-refractivity contribution in [1.29, 1.82) is 0 Å². The number of rotatable bonds is 4. The monoisotopic (exact) mass is 303 g/mol. The van der Waals surface area contributed by atoms with Crippen LogP contribution in [0.15, 0.2) is 23.7 Å². The van der Waals surface area contributed by atoms with Gasteiger partial charge in [-0.25, -0.2) is 4.68 Å². The summed E-state index contributed by atoms with van der Waals surface area (Å²) < 4.78 is 1.76. The molecule has 0 radical (unpaired) electrons. The number of thiophene rings is 1. The minimum absolute atomic E-state index is 0.0465. The van der Waals surface area contributed by atoms with Gasteiger partial charge >= 0.3 is 0 Å². The van der Waals surface area contributed by atoms with Crippen molar-refractivity contribution in [3.8, 4) is 11.8 Å². The fraction of sp³-hybridized carbons (Fsp3) is 0.333. The number of carbonyl (C=O) groups is 1. The van der Waals surface area contributed by atoms with Crippen LogP contribution in [0.5, 0.6) is 0 Å². The quantitative estimate of drug-likeness (QED) is 0.853. The van der Waals surface area contributed by atoms with Crippen molar-refractivity contribution in [3.63, 3.8) is 0 Å². The summed E-state index contributed by atoms with van der Waals surface area (Å²) in [4.78, 5) is 13.0. The number of aliphatic hydroxyl groups excluding tert-OH is 1. The molecule has 0 spiro atoms. The summed E-state index contributed by atoms with van der Waals surface area (Å²) in [6.07, 6.45) is 2.10. The van der Waals surface area contributed by atoms with Gasteiger partial charge in [0.15, 0.2) is 0 Å². The van der Waals surface area contributed by atoms with Crippen molar-refractivity contribution in [3.05, 3.63) is 34.2 Å². The number of nitrogens with one attached hydrogen (secondary N) is 1. The number of nitrogens with zero attached hydrogens (tertiary/aromatic N) is 2. The third kappa shape index (κ3) is 3.94. The highest BCUT2D eigenvalue weighted by Gasteiger charge is 2.12. The van der Waals surface area contributed by atoms with E-state index in [1.54, 1.807) is 28.4 Å². The van der Waals surface area contributed by atoms with Crippen LogP contribution < -0.4 is 5.32 Å². The maximum Gasteiger partial charge on any atom is 0.257 e. The number of hydrogen-bond acceptors (Lipinski definition) is 4. The average molecular weight is 303 g/mol. The molecule has 5 nitrogen and oxygen atoms in total. The van der Waals surface area contributed by atoms with E-state index in [4.69, 9.17) is 5.11 Å². The Morgan fingerprint density at radius 3 is 3.10 bits per heavy atom. The number of amides is 1. The summed E-state index contributed by atoms with van der Waals surface area (Å²) in [7, 11) is 0. The maximum absolute atomic E-state index is 12.2. The molecule has 2 heterocycles. The largest absolute Gasteiger partial charge is 0.395 e. The molecule has 0 fully saturated rings. The molecule has 0 saturated carbocycles. The summed E-state index contributed by atoms with van der Waals surface area (Å²) in [5.41, 5.74) is 0.574. The van der Waals surface area contributed by atoms with E-state index in [-0.39, 0.29) is 18.6 Å². The third-order valence-corrected chi connectivity index (χ3v) is 3.56. The smallest absolute Gasteiger partial charge is 0.257 e. The summed E-state index contributed by atoms with van der Waals surface area (Å²) in [5.74, 6) is 6.26. The Labute approximate surface area is 127 Å². The molecular formula is C15H17N3O2S. The Balaban J connectivity index is 2.07. The predicted octanol–water partition coefficient (Wildman–Crippen LogP) is 2.51. The molecule has 2 N–H and O–H groups in total. The van der Waals surface area contributed by atoms with Crippen LogP contribution in [0.4, 0.5) is 5.82 Å². The lowest BCUT2D eigenvalue weighted by Gasteiger charge is -2.11. The fourth-order valence-corrected chi connectivity index (χ4v) is 2.49. The Morgan fingerprint density at radius 1 is 1.57 bits per heavy atom. The standard InChI is InChI=1S/C15H17N3O2S/c1-11(2)18-14(6-7-16-18)17-15(20)12-9-13(21-10-12)5-3-4-8-19/h6-7,9-11,19H,4,8H2,1-2H3,(H,17,20). The van der Waals surface area contributed by atoms with Gasteiger partial charge in [0.1, 0.15) is 5.82 Å². The van der Waals surface area contributed by atoms with Crippen LogP contribution in [-0.4, -0.2) is 27.4 Å². The highest BCUT2D eigenvalue weighted by molar-refractivity contribution is 7.10. The van der Waals surface area contributed by atoms with Gasteiger partial charge in [0.05, 0.1) is 23.2 Å². The van der Waals surface area contributed by atoms with E-state index in [9.17, 15) is 4.79 Å². The molecule has 0 saturated heterocycles. The van der Waals surface area contributed by atoms with Crippen molar-refractivity contribution < 1.29 is 9.90 Å². The Morgan fingerprint density at radius 2 is 2.38 bits per heavy atom. The van der Waals surface area contributed by atoms with E-state index in [1.165, 1.54) is 11.3 Å². The molecule has 0 bridgehead atoms. The van der Waals surface area contributed by atoms with Gasteiger partial charge in [-0.1, -0.05) is 11.8 Å². The molecule has 110 valence electrons. The second-order valence-corrected chi connectivity index (χ2v) is 5.60. The van der Waals surface area contributed by atoms with Crippen molar-refractivity contribution in [2.24, 2.45) is 0 Å². The van der Waals surface area contributed by atoms with Gasteiger partial charge in [-0.3, -0.25) is 4.79 Å². The van der Waals surface area contributed by atoms with Crippen LogP contribution in [0, 0.1) is 11.8 Å². The average Bonchev–Trinajstić information content (AvgIpc) is 3.08. The first kappa shape index (κ1) is 15.3. The highest BCUT2D eigenvalue weighted by atomic mass is 32.1. The zero-order valence-corrected chi connectivity index (χ0v) is 12.8. The van der Waals surface area contributed by atoms with Gasteiger partial charge in [0, 0.05) is 23.9 Å². The first-order valence-corrected chi connectivity index (χ1v) is 7.53. The van der Waals surface area contributed by atoms with Gasteiger partial charge in [-0.15, -0.1) is 11.3 Å². The number of aliphatic hydroxyl groups is 1. The first-order valence-electron chi connectivity index (χ1n) is 6.65. The second kappa shape index (κ2) is 7.07. The topological polar surface area (TPSA) is 67.2 Å². The predicted molar refractivity (Wildman–Crippen MR) is 83.5 cm³/mol. The minimum atomic E-state index is -0.177. The van der Waals surface area contributed by atoms with Gasteiger partial charge in [-0.2, -0.15) is 5.10 Å². The van der Waals surface area contributed by atoms with Crippen LogP contribution in [0.3, 0.4) is 0 Å². The van der Waals surface area contributed by atoms with Crippen molar-refractivity contribution in [2.75, 3.05) is 11.9 Å². The first-order chi connectivity index (χ1) is 10.1. The molecule has 1 amide bonds. The van der Waals surface area contributed by atoms with Crippen molar-refractivity contribution in [1.82, 2.24) is 9.78 Å². The third-order valence-electron chi connectivity index (χ3n) is 2.71. The maximum atomic E-state index is 12.2. The van der Waals surface area contributed by atoms with E-state index in [2.05, 4.69) is 22.3 Å². The lowest BCUT2D eigenvalue weighted by Crippen LogP contribution is -2.16. The Hall–Kier alpha value is -2.10. The zero-order chi connectivity index (χ0) is 15.2. The molecule has 21 heavy (non-hydrogen) atoms. The van der Waals surface area contributed by atoms with E-state index < -0.39 is 0 Å². The molecule has 0 atom stereocenters. The number of carbonyl (C=O) groups excluding carboxylic acids is 1. The fourth-order valence-electron chi connectivity index (χ4n) is 1.74. The molecule has 0 aliphatic heterocycles. The van der Waals surface area contributed by atoms with Gasteiger partial charge in [0.2, 0.25) is 0 Å². The SMILES string of the molecule is CC(C)n1nccc1NC(=O)c1csc(C#CCCO)c1. The lowest BCUT2D eigenvalue weighted by molar-refractivity contribution is 0.102. The minimum Gasteiger partial charge on any atom is -0.395 e.